The van der Waals surface area contributed by atoms with E-state index in [4.69, 9.17) is 4.74 Å². The average molecular weight is 480 g/mol. The monoisotopic (exact) mass is 479 g/mol. The molecular formula is C23H28F3N5O3. The van der Waals surface area contributed by atoms with Gasteiger partial charge in [0.05, 0.1) is 18.2 Å². The maximum Gasteiger partial charge on any atom is 0.422 e. The third-order valence-corrected chi connectivity index (χ3v) is 5.22. The molecule has 1 atom stereocenters. The number of aryl methyl sites for hydroxylation is 1. The van der Waals surface area contributed by atoms with Crippen molar-refractivity contribution in [3.8, 4) is 5.88 Å². The van der Waals surface area contributed by atoms with Crippen LogP contribution < -0.4 is 20.3 Å². The van der Waals surface area contributed by atoms with E-state index in [-0.39, 0.29) is 23.7 Å². The number of pyridine rings is 2. The topological polar surface area (TPSA) is 106 Å². The maximum atomic E-state index is 13.0. The van der Waals surface area contributed by atoms with Crippen molar-refractivity contribution >= 4 is 17.6 Å². The summed E-state index contributed by atoms with van der Waals surface area (Å²) in [6, 6.07) is 6.23. The zero-order valence-corrected chi connectivity index (χ0v) is 19.1. The first-order valence-electron chi connectivity index (χ1n) is 11.1. The highest BCUT2D eigenvalue weighted by atomic mass is 19.4. The van der Waals surface area contributed by atoms with Crippen LogP contribution in [0.5, 0.6) is 5.88 Å². The van der Waals surface area contributed by atoms with Crippen molar-refractivity contribution in [3.63, 3.8) is 0 Å². The standard InChI is InChI=1S/C21H25F3N4O2.C2H3NO/c1-14-12-16(8-9-25-14)15(2)26-20(29)17-6-7-18(30-13-21(22,23)24)27-19(17)28-10-4-3-5-11-28;4-2-1-3-2/h6-9,12,15H,3-5,10-11,13H2,1-2H3,(H,26,29);1H2,(H,3,4). The summed E-state index contributed by atoms with van der Waals surface area (Å²) >= 11 is 0. The van der Waals surface area contributed by atoms with Crippen LogP contribution in [0.3, 0.4) is 0 Å². The lowest BCUT2D eigenvalue weighted by Gasteiger charge is -2.29. The third kappa shape index (κ3) is 7.89. The summed E-state index contributed by atoms with van der Waals surface area (Å²) in [5, 5.41) is 5.40. The number of carbonyl (C=O) groups excluding carboxylic acids is 2. The van der Waals surface area contributed by atoms with Gasteiger partial charge in [-0.3, -0.25) is 14.6 Å². The van der Waals surface area contributed by atoms with E-state index in [1.807, 2.05) is 30.9 Å². The summed E-state index contributed by atoms with van der Waals surface area (Å²) in [7, 11) is 0. The predicted molar refractivity (Wildman–Crippen MR) is 120 cm³/mol. The Hall–Kier alpha value is -3.37. The number of aromatic nitrogens is 2. The second-order valence-corrected chi connectivity index (χ2v) is 8.17. The molecule has 2 aliphatic rings. The van der Waals surface area contributed by atoms with E-state index >= 15 is 0 Å². The summed E-state index contributed by atoms with van der Waals surface area (Å²) < 4.78 is 42.3. The van der Waals surface area contributed by atoms with Gasteiger partial charge in [-0.1, -0.05) is 0 Å². The van der Waals surface area contributed by atoms with Crippen LogP contribution in [0.15, 0.2) is 30.5 Å². The number of anilines is 1. The van der Waals surface area contributed by atoms with Crippen LogP contribution in [0.1, 0.15) is 53.8 Å². The highest BCUT2D eigenvalue weighted by Gasteiger charge is 2.29. The Balaban J connectivity index is 0.000000732. The van der Waals surface area contributed by atoms with E-state index in [1.165, 1.54) is 12.1 Å². The number of hydrogen-bond donors (Lipinski definition) is 2. The van der Waals surface area contributed by atoms with Gasteiger partial charge in [0.2, 0.25) is 11.8 Å². The molecule has 4 rings (SSSR count). The van der Waals surface area contributed by atoms with Crippen LogP contribution in [-0.2, 0) is 4.79 Å². The Morgan fingerprint density at radius 1 is 1.24 bits per heavy atom. The van der Waals surface area contributed by atoms with Crippen molar-refractivity contribution in [3.05, 3.63) is 47.3 Å². The first-order valence-corrected chi connectivity index (χ1v) is 11.1. The molecule has 8 nitrogen and oxygen atoms in total. The molecule has 0 aromatic carbocycles. The highest BCUT2D eigenvalue weighted by Crippen LogP contribution is 2.27. The van der Waals surface area contributed by atoms with E-state index in [9.17, 15) is 22.8 Å². The molecule has 0 aliphatic carbocycles. The largest absolute Gasteiger partial charge is 0.468 e. The molecular weight excluding hydrogens is 451 g/mol. The Labute approximate surface area is 195 Å². The summed E-state index contributed by atoms with van der Waals surface area (Å²) in [4.78, 5) is 32.8. The molecule has 2 aromatic rings. The fourth-order valence-electron chi connectivity index (χ4n) is 3.42. The van der Waals surface area contributed by atoms with Crippen LogP contribution in [0.2, 0.25) is 0 Å². The van der Waals surface area contributed by atoms with Crippen LogP contribution in [0.4, 0.5) is 19.0 Å². The average Bonchev–Trinajstić information content (AvgIpc) is 3.60. The van der Waals surface area contributed by atoms with Gasteiger partial charge in [0.1, 0.15) is 5.82 Å². The van der Waals surface area contributed by atoms with Gasteiger partial charge in [-0.15, -0.1) is 0 Å². The van der Waals surface area contributed by atoms with Crippen molar-refractivity contribution in [2.24, 2.45) is 0 Å². The van der Waals surface area contributed by atoms with Crippen LogP contribution in [0.25, 0.3) is 0 Å². The fraction of sp³-hybridized carbons (Fsp3) is 0.478. The summed E-state index contributed by atoms with van der Waals surface area (Å²) in [6.07, 6.45) is 0.162. The lowest BCUT2D eigenvalue weighted by atomic mass is 10.1. The zero-order valence-electron chi connectivity index (χ0n) is 19.1. The molecule has 11 heteroatoms. The van der Waals surface area contributed by atoms with Gasteiger partial charge in [-0.2, -0.15) is 18.2 Å². The predicted octanol–water partition coefficient (Wildman–Crippen LogP) is 3.32. The minimum absolute atomic E-state index is 0.151. The van der Waals surface area contributed by atoms with Crippen molar-refractivity contribution < 1.29 is 27.5 Å². The van der Waals surface area contributed by atoms with E-state index in [1.54, 1.807) is 6.20 Å². The number of rotatable bonds is 6. The number of halogens is 3. The third-order valence-electron chi connectivity index (χ3n) is 5.22. The molecule has 4 heterocycles. The quantitative estimate of drug-likeness (QED) is 0.616. The maximum absolute atomic E-state index is 13.0. The number of piperidine rings is 1. The van der Waals surface area contributed by atoms with Crippen molar-refractivity contribution in [1.29, 1.82) is 0 Å². The molecule has 2 amide bonds. The molecule has 34 heavy (non-hydrogen) atoms. The Morgan fingerprint density at radius 2 is 1.91 bits per heavy atom. The fourth-order valence-corrected chi connectivity index (χ4v) is 3.42. The Bertz CT molecular complexity index is 1000. The normalized spacial score (nSPS) is 16.0. The summed E-state index contributed by atoms with van der Waals surface area (Å²) in [6.45, 7) is 4.28. The molecule has 2 saturated heterocycles. The smallest absolute Gasteiger partial charge is 0.422 e. The lowest BCUT2D eigenvalue weighted by molar-refractivity contribution is -0.154. The van der Waals surface area contributed by atoms with Crippen molar-refractivity contribution in [2.75, 3.05) is 31.1 Å². The number of nitrogens with zero attached hydrogens (tertiary/aromatic N) is 3. The minimum Gasteiger partial charge on any atom is -0.468 e. The number of amides is 2. The second-order valence-electron chi connectivity index (χ2n) is 8.17. The number of carbonyl (C=O) groups is 2. The molecule has 2 N–H and O–H groups in total. The van der Waals surface area contributed by atoms with Crippen LogP contribution in [0, 0.1) is 6.92 Å². The summed E-state index contributed by atoms with van der Waals surface area (Å²) in [5.74, 6) is 0.0275. The van der Waals surface area contributed by atoms with Crippen LogP contribution >= 0.6 is 0 Å². The van der Waals surface area contributed by atoms with E-state index in [2.05, 4.69) is 20.6 Å². The van der Waals surface area contributed by atoms with Crippen LogP contribution in [-0.4, -0.2) is 54.2 Å². The van der Waals surface area contributed by atoms with Gasteiger partial charge >= 0.3 is 6.18 Å². The van der Waals surface area contributed by atoms with Crippen molar-refractivity contribution in [1.82, 2.24) is 20.6 Å². The number of alkyl halides is 3. The number of hydrogen-bond acceptors (Lipinski definition) is 6. The molecule has 0 bridgehead atoms. The minimum atomic E-state index is -4.46. The van der Waals surface area contributed by atoms with Gasteiger partial charge in [-0.25, -0.2) is 0 Å². The molecule has 0 saturated carbocycles. The van der Waals surface area contributed by atoms with Gasteiger partial charge in [-0.05, 0) is 56.9 Å². The highest BCUT2D eigenvalue weighted by molar-refractivity contribution is 5.99. The second kappa shape index (κ2) is 11.2. The van der Waals surface area contributed by atoms with E-state index in [0.717, 1.165) is 30.5 Å². The van der Waals surface area contributed by atoms with Gasteiger partial charge in [0.15, 0.2) is 6.61 Å². The number of nitrogens with one attached hydrogen (secondary N) is 2. The van der Waals surface area contributed by atoms with Gasteiger partial charge in [0, 0.05) is 31.0 Å². The first kappa shape index (κ1) is 25.3. The first-order chi connectivity index (χ1) is 16.1. The Morgan fingerprint density at radius 3 is 2.50 bits per heavy atom. The molecule has 1 unspecified atom stereocenters. The molecule has 2 aromatic heterocycles. The lowest BCUT2D eigenvalue weighted by Crippen LogP contribution is -2.34. The molecule has 0 spiro atoms. The molecule has 0 radical (unpaired) electrons. The Kier molecular flexibility index (Phi) is 8.30. The SMILES string of the molecule is Cc1cc(C(C)NC(=O)c2ccc(OCC(F)(F)F)nc2N2CCCCC2)ccn1.O=C1CN1. The summed E-state index contributed by atoms with van der Waals surface area (Å²) in [5.41, 5.74) is 2.07. The zero-order chi connectivity index (χ0) is 24.7. The van der Waals surface area contributed by atoms with Gasteiger partial charge in [0.25, 0.3) is 5.91 Å². The van der Waals surface area contributed by atoms with Crippen molar-refractivity contribution in [2.45, 2.75) is 45.3 Å². The molecule has 2 fully saturated rings. The molecule has 2 aliphatic heterocycles. The van der Waals surface area contributed by atoms with E-state index < -0.39 is 12.8 Å². The van der Waals surface area contributed by atoms with E-state index in [0.29, 0.717) is 31.0 Å². The number of ether oxygens (including phenoxy) is 1. The molecule has 184 valence electrons. The van der Waals surface area contributed by atoms with Gasteiger partial charge < -0.3 is 20.3 Å².